The lowest BCUT2D eigenvalue weighted by atomic mass is 9.96. The van der Waals surface area contributed by atoms with Gasteiger partial charge < -0.3 is 15.7 Å². The smallest absolute Gasteiger partial charge is 0.325 e. The van der Waals surface area contributed by atoms with Crippen LogP contribution in [0.1, 0.15) is 30.9 Å². The second kappa shape index (κ2) is 5.81. The van der Waals surface area contributed by atoms with Crippen molar-refractivity contribution in [2.45, 2.75) is 43.7 Å². The molecule has 1 aromatic rings. The second-order valence-electron chi connectivity index (χ2n) is 7.92. The first-order chi connectivity index (χ1) is 12.3. The van der Waals surface area contributed by atoms with Crippen LogP contribution in [0.15, 0.2) is 24.3 Å². The normalized spacial score (nSPS) is 26.6. The number of imide groups is 1. The number of carbonyl (C=O) groups is 3. The minimum atomic E-state index is -1.03. The Morgan fingerprint density at radius 2 is 1.88 bits per heavy atom. The number of nitrogens with one attached hydrogen (secondary N) is 2. The van der Waals surface area contributed by atoms with Crippen molar-refractivity contribution in [3.8, 4) is 0 Å². The molecule has 0 spiro atoms. The Balaban J connectivity index is 1.34. The summed E-state index contributed by atoms with van der Waals surface area (Å²) in [4.78, 5) is 37.9. The van der Waals surface area contributed by atoms with E-state index in [1.54, 1.807) is 6.92 Å². The summed E-state index contributed by atoms with van der Waals surface area (Å²) in [5.41, 5.74) is 0.249. The molecule has 4 amide bonds. The molecule has 7 heteroatoms. The summed E-state index contributed by atoms with van der Waals surface area (Å²) in [6, 6.07) is 7.28. The van der Waals surface area contributed by atoms with Crippen LogP contribution in [0.2, 0.25) is 0 Å². The first-order valence-corrected chi connectivity index (χ1v) is 9.01. The van der Waals surface area contributed by atoms with Gasteiger partial charge in [0, 0.05) is 19.4 Å². The van der Waals surface area contributed by atoms with Crippen molar-refractivity contribution in [1.29, 1.82) is 0 Å². The van der Waals surface area contributed by atoms with E-state index in [4.69, 9.17) is 0 Å². The van der Waals surface area contributed by atoms with E-state index in [-0.39, 0.29) is 24.9 Å². The number of urea groups is 1. The third-order valence-electron chi connectivity index (χ3n) is 5.77. The summed E-state index contributed by atoms with van der Waals surface area (Å²) < 4.78 is 0. The Kier molecular flexibility index (Phi) is 3.80. The van der Waals surface area contributed by atoms with Gasteiger partial charge in [0.1, 0.15) is 12.1 Å². The van der Waals surface area contributed by atoms with Crippen molar-refractivity contribution < 1.29 is 19.5 Å². The molecule has 0 aromatic heterocycles. The Morgan fingerprint density at radius 1 is 1.27 bits per heavy atom. The molecule has 3 N–H and O–H groups in total. The van der Waals surface area contributed by atoms with Gasteiger partial charge in [0.25, 0.3) is 5.91 Å². The zero-order valence-corrected chi connectivity index (χ0v) is 14.7. The fraction of sp³-hybridized carbons (Fsp3) is 0.526. The molecule has 1 saturated heterocycles. The minimum absolute atomic E-state index is 0.0874. The number of nitrogens with zero attached hydrogens (tertiary/aromatic N) is 1. The van der Waals surface area contributed by atoms with Gasteiger partial charge in [0.15, 0.2) is 0 Å². The summed E-state index contributed by atoms with van der Waals surface area (Å²) in [6.45, 7) is 1.49. The standard InChI is InChI=1S/C19H23N3O4/c1-18(14-6-7-14)16(24)22(17(25)21-18)10-15(23)20-11-19(26)8-12-4-2-3-5-13(12)9-19/h2-5,14,26H,6-11H2,1H3,(H,20,23)(H,21,25). The largest absolute Gasteiger partial charge is 0.387 e. The van der Waals surface area contributed by atoms with E-state index in [2.05, 4.69) is 10.6 Å². The van der Waals surface area contributed by atoms with Crippen molar-refractivity contribution in [2.24, 2.45) is 5.92 Å². The Morgan fingerprint density at radius 3 is 2.46 bits per heavy atom. The molecule has 1 unspecified atom stereocenters. The van der Waals surface area contributed by atoms with Crippen LogP contribution in [0.3, 0.4) is 0 Å². The third-order valence-corrected chi connectivity index (χ3v) is 5.77. The SMILES string of the molecule is CC1(C2CC2)NC(=O)N(CC(=O)NCC2(O)Cc3ccccc3C2)C1=O. The number of hydrogen-bond acceptors (Lipinski definition) is 4. The van der Waals surface area contributed by atoms with E-state index in [0.717, 1.165) is 28.9 Å². The minimum Gasteiger partial charge on any atom is -0.387 e. The molecule has 0 bridgehead atoms. The van der Waals surface area contributed by atoms with Crippen LogP contribution >= 0.6 is 0 Å². The highest BCUT2D eigenvalue weighted by molar-refractivity contribution is 6.09. The van der Waals surface area contributed by atoms with Crippen LogP contribution in [-0.2, 0) is 22.4 Å². The molecule has 1 aromatic carbocycles. The topological polar surface area (TPSA) is 98.7 Å². The van der Waals surface area contributed by atoms with Crippen LogP contribution in [0.4, 0.5) is 4.79 Å². The second-order valence-corrected chi connectivity index (χ2v) is 7.92. The fourth-order valence-electron chi connectivity index (χ4n) is 4.06. The zero-order valence-electron chi connectivity index (χ0n) is 14.7. The highest BCUT2D eigenvalue weighted by Gasteiger charge is 2.56. The van der Waals surface area contributed by atoms with Gasteiger partial charge in [-0.25, -0.2) is 4.79 Å². The molecule has 26 heavy (non-hydrogen) atoms. The first kappa shape index (κ1) is 17.0. The summed E-state index contributed by atoms with van der Waals surface area (Å²) in [7, 11) is 0. The van der Waals surface area contributed by atoms with Crippen LogP contribution in [0.25, 0.3) is 0 Å². The van der Waals surface area contributed by atoms with Gasteiger partial charge in [-0.3, -0.25) is 14.5 Å². The molecule has 1 aliphatic heterocycles. The summed E-state index contributed by atoms with van der Waals surface area (Å²) >= 11 is 0. The van der Waals surface area contributed by atoms with E-state index in [0.29, 0.717) is 12.8 Å². The molecular weight excluding hydrogens is 334 g/mol. The molecule has 3 aliphatic rings. The molecular formula is C19H23N3O4. The molecule has 138 valence electrons. The number of aliphatic hydroxyl groups is 1. The lowest BCUT2D eigenvalue weighted by molar-refractivity contribution is -0.135. The molecule has 0 radical (unpaired) electrons. The van der Waals surface area contributed by atoms with Gasteiger partial charge in [-0.2, -0.15) is 0 Å². The predicted molar refractivity (Wildman–Crippen MR) is 93.2 cm³/mol. The zero-order chi connectivity index (χ0) is 18.5. The molecule has 1 saturated carbocycles. The fourth-order valence-corrected chi connectivity index (χ4v) is 4.06. The van der Waals surface area contributed by atoms with E-state index in [1.807, 2.05) is 24.3 Å². The maximum atomic E-state index is 12.5. The van der Waals surface area contributed by atoms with E-state index < -0.39 is 23.1 Å². The summed E-state index contributed by atoms with van der Waals surface area (Å²) in [5, 5.41) is 16.1. The quantitative estimate of drug-likeness (QED) is 0.663. The number of amides is 4. The maximum Gasteiger partial charge on any atom is 0.325 e. The van der Waals surface area contributed by atoms with Crippen LogP contribution in [0.5, 0.6) is 0 Å². The average molecular weight is 357 g/mol. The Hall–Kier alpha value is -2.41. The van der Waals surface area contributed by atoms with Gasteiger partial charge in [-0.15, -0.1) is 0 Å². The van der Waals surface area contributed by atoms with Crippen molar-refractivity contribution in [2.75, 3.05) is 13.1 Å². The van der Waals surface area contributed by atoms with Crippen molar-refractivity contribution in [3.05, 3.63) is 35.4 Å². The van der Waals surface area contributed by atoms with Gasteiger partial charge in [-0.05, 0) is 36.8 Å². The lowest BCUT2D eigenvalue weighted by Crippen LogP contribution is -2.49. The Bertz CT molecular complexity index is 764. The number of rotatable bonds is 5. The van der Waals surface area contributed by atoms with Gasteiger partial charge in [0.05, 0.1) is 5.60 Å². The number of hydrogen-bond donors (Lipinski definition) is 3. The van der Waals surface area contributed by atoms with Crippen molar-refractivity contribution >= 4 is 17.8 Å². The molecule has 7 nitrogen and oxygen atoms in total. The van der Waals surface area contributed by atoms with Gasteiger partial charge >= 0.3 is 6.03 Å². The first-order valence-electron chi connectivity index (χ1n) is 9.01. The summed E-state index contributed by atoms with van der Waals surface area (Å²) in [5.74, 6) is -0.630. The van der Waals surface area contributed by atoms with Gasteiger partial charge in [-0.1, -0.05) is 24.3 Å². The van der Waals surface area contributed by atoms with Crippen molar-refractivity contribution in [1.82, 2.24) is 15.5 Å². The van der Waals surface area contributed by atoms with E-state index in [1.165, 1.54) is 0 Å². The van der Waals surface area contributed by atoms with Crippen molar-refractivity contribution in [3.63, 3.8) is 0 Å². The third kappa shape index (κ3) is 2.86. The summed E-state index contributed by atoms with van der Waals surface area (Å²) in [6.07, 6.45) is 2.78. The predicted octanol–water partition coefficient (Wildman–Crippen LogP) is 0.353. The van der Waals surface area contributed by atoms with Gasteiger partial charge in [0.2, 0.25) is 5.91 Å². The molecule has 4 rings (SSSR count). The number of benzene rings is 1. The monoisotopic (exact) mass is 357 g/mol. The number of carbonyl (C=O) groups excluding carboxylic acids is 3. The maximum absolute atomic E-state index is 12.5. The van der Waals surface area contributed by atoms with E-state index >= 15 is 0 Å². The Labute approximate surface area is 151 Å². The van der Waals surface area contributed by atoms with E-state index in [9.17, 15) is 19.5 Å². The van der Waals surface area contributed by atoms with Crippen LogP contribution in [0, 0.1) is 5.92 Å². The lowest BCUT2D eigenvalue weighted by Gasteiger charge is -2.23. The molecule has 2 fully saturated rings. The highest BCUT2D eigenvalue weighted by Crippen LogP contribution is 2.42. The average Bonchev–Trinajstić information content (AvgIpc) is 3.36. The molecule has 2 aliphatic carbocycles. The molecule has 1 heterocycles. The highest BCUT2D eigenvalue weighted by atomic mass is 16.3. The molecule has 1 atom stereocenters. The van der Waals surface area contributed by atoms with Crippen LogP contribution < -0.4 is 10.6 Å². The number of fused-ring (bicyclic) bond motifs is 1. The van der Waals surface area contributed by atoms with Crippen LogP contribution in [-0.4, -0.2) is 52.1 Å².